The van der Waals surface area contributed by atoms with Crippen LogP contribution in [0.4, 0.5) is 23.7 Å². The number of nitrogens with zero attached hydrogens (tertiary/aromatic N) is 1. The molecule has 0 spiro atoms. The minimum atomic E-state index is -4.50. The number of carbonyl (C=O) groups excluding carboxylic acids is 2. The van der Waals surface area contributed by atoms with Crippen molar-refractivity contribution in [3.05, 3.63) is 95.2 Å². The number of carbonyl (C=O) groups is 2. The van der Waals surface area contributed by atoms with E-state index in [1.165, 1.54) is 19.1 Å². The molecule has 10 heteroatoms. The first-order chi connectivity index (χ1) is 20.5. The Morgan fingerprint density at radius 2 is 1.63 bits per heavy atom. The van der Waals surface area contributed by atoms with Gasteiger partial charge >= 0.3 is 18.2 Å². The third-order valence-corrected chi connectivity index (χ3v) is 7.60. The van der Waals surface area contributed by atoms with Crippen molar-refractivity contribution >= 4 is 17.7 Å². The van der Waals surface area contributed by atoms with Crippen LogP contribution in [-0.2, 0) is 26.9 Å². The van der Waals surface area contributed by atoms with Gasteiger partial charge in [0.2, 0.25) is 0 Å². The fourth-order valence-corrected chi connectivity index (χ4v) is 4.95. The van der Waals surface area contributed by atoms with Gasteiger partial charge in [0.05, 0.1) is 17.6 Å². The molecule has 43 heavy (non-hydrogen) atoms. The van der Waals surface area contributed by atoms with Crippen LogP contribution >= 0.6 is 0 Å². The van der Waals surface area contributed by atoms with Crippen LogP contribution in [0.2, 0.25) is 0 Å². The first-order valence-electron chi connectivity index (χ1n) is 14.0. The van der Waals surface area contributed by atoms with Crippen molar-refractivity contribution in [2.75, 3.05) is 11.9 Å². The summed E-state index contributed by atoms with van der Waals surface area (Å²) in [5.41, 5.74) is 3.41. The summed E-state index contributed by atoms with van der Waals surface area (Å²) < 4.78 is 55.3. The Morgan fingerprint density at radius 1 is 1.00 bits per heavy atom. The fraction of sp³-hybridized carbons (Fsp3) is 0.303. The molecule has 7 nitrogen and oxygen atoms in total. The molecule has 4 aromatic rings. The maximum absolute atomic E-state index is 13.1. The van der Waals surface area contributed by atoms with Crippen molar-refractivity contribution in [3.63, 3.8) is 0 Å². The minimum absolute atomic E-state index is 0.121. The van der Waals surface area contributed by atoms with Crippen molar-refractivity contribution in [2.24, 2.45) is 5.41 Å². The van der Waals surface area contributed by atoms with E-state index in [9.17, 15) is 22.8 Å². The lowest BCUT2D eigenvalue weighted by atomic mass is 9.94. The summed E-state index contributed by atoms with van der Waals surface area (Å²) in [5.74, 6) is 0.196. The van der Waals surface area contributed by atoms with E-state index >= 15 is 0 Å². The summed E-state index contributed by atoms with van der Waals surface area (Å²) in [4.78, 5) is 25.0. The fourth-order valence-electron chi connectivity index (χ4n) is 4.95. The van der Waals surface area contributed by atoms with E-state index in [2.05, 4.69) is 10.5 Å². The number of rotatable bonds is 9. The van der Waals surface area contributed by atoms with Crippen LogP contribution in [0.3, 0.4) is 0 Å². The van der Waals surface area contributed by atoms with Gasteiger partial charge in [0.1, 0.15) is 17.5 Å². The van der Waals surface area contributed by atoms with Crippen LogP contribution in [0.1, 0.15) is 55.2 Å². The zero-order valence-electron chi connectivity index (χ0n) is 24.0. The highest BCUT2D eigenvalue weighted by Gasteiger charge is 2.51. The Kier molecular flexibility index (Phi) is 8.30. The molecule has 3 aromatic carbocycles. The number of nitrogens with one attached hydrogen (secondary N) is 1. The molecule has 224 valence electrons. The Balaban J connectivity index is 1.25. The largest absolute Gasteiger partial charge is 0.466 e. The zero-order valence-corrected chi connectivity index (χ0v) is 24.0. The van der Waals surface area contributed by atoms with Gasteiger partial charge in [-0.3, -0.25) is 10.1 Å². The quantitative estimate of drug-likeness (QED) is 0.196. The first-order valence-corrected chi connectivity index (χ1v) is 14.0. The van der Waals surface area contributed by atoms with Gasteiger partial charge in [0.25, 0.3) is 0 Å². The van der Waals surface area contributed by atoms with Crippen LogP contribution < -0.4 is 5.32 Å². The standard InChI is InChI=1S/C33H31F3N2O5/c1-4-41-30(39)32(16-17-32)19-22-8-10-23(11-9-22)24-12-14-25(15-13-24)29-28(20(2)38-43-29)37-31(40)42-21(3)26-6-5-7-27(18-26)33(34,35)36/h5-15,18,21H,4,16-17,19H2,1-3H3,(H,37,40)/t21-/m1/s1. The van der Waals surface area contributed by atoms with Gasteiger partial charge in [-0.1, -0.05) is 65.8 Å². The van der Waals surface area contributed by atoms with Crippen LogP contribution in [0.5, 0.6) is 0 Å². The Morgan fingerprint density at radius 3 is 2.23 bits per heavy atom. The normalized spacial score (nSPS) is 14.6. The molecule has 1 amide bonds. The second kappa shape index (κ2) is 11.9. The number of amides is 1. The average molecular weight is 593 g/mol. The van der Waals surface area contributed by atoms with Crippen LogP contribution in [0, 0.1) is 12.3 Å². The molecule has 1 N–H and O–H groups in total. The van der Waals surface area contributed by atoms with Gasteiger partial charge in [-0.05, 0) is 74.4 Å². The summed E-state index contributed by atoms with van der Waals surface area (Å²) >= 11 is 0. The number of benzene rings is 3. The molecule has 0 unspecified atom stereocenters. The predicted molar refractivity (Wildman–Crippen MR) is 154 cm³/mol. The van der Waals surface area contributed by atoms with Crippen LogP contribution in [0.25, 0.3) is 22.5 Å². The number of aryl methyl sites for hydroxylation is 1. The lowest BCUT2D eigenvalue weighted by molar-refractivity contribution is -0.149. The third kappa shape index (κ3) is 6.74. The number of hydrogen-bond acceptors (Lipinski definition) is 6. The lowest BCUT2D eigenvalue weighted by Gasteiger charge is -2.16. The number of hydrogen-bond donors (Lipinski definition) is 1. The van der Waals surface area contributed by atoms with Gasteiger partial charge in [0.15, 0.2) is 5.76 Å². The number of ether oxygens (including phenoxy) is 2. The van der Waals surface area contributed by atoms with Crippen LogP contribution in [-0.4, -0.2) is 23.8 Å². The number of alkyl halides is 3. The Bertz CT molecular complexity index is 1610. The molecule has 0 aliphatic heterocycles. The molecule has 1 fully saturated rings. The molecule has 1 aliphatic carbocycles. The van der Waals surface area contributed by atoms with E-state index in [4.69, 9.17) is 14.0 Å². The average Bonchev–Trinajstić information content (AvgIpc) is 3.69. The summed E-state index contributed by atoms with van der Waals surface area (Å²) in [6.07, 6.45) is -3.94. The highest BCUT2D eigenvalue weighted by Crippen LogP contribution is 2.49. The maximum Gasteiger partial charge on any atom is 0.416 e. The topological polar surface area (TPSA) is 90.7 Å². The molecule has 1 aromatic heterocycles. The predicted octanol–water partition coefficient (Wildman–Crippen LogP) is 8.53. The second-order valence-electron chi connectivity index (χ2n) is 10.7. The Labute approximate surface area is 247 Å². The molecule has 0 saturated heterocycles. The van der Waals surface area contributed by atoms with E-state index in [0.29, 0.717) is 35.7 Å². The summed E-state index contributed by atoms with van der Waals surface area (Å²) in [5, 5.41) is 6.59. The van der Waals surface area contributed by atoms with Crippen molar-refractivity contribution in [3.8, 4) is 22.5 Å². The molecule has 1 aliphatic rings. The number of esters is 1. The Hall–Kier alpha value is -4.60. The smallest absolute Gasteiger partial charge is 0.416 e. The maximum atomic E-state index is 13.1. The van der Waals surface area contributed by atoms with Gasteiger partial charge in [-0.15, -0.1) is 0 Å². The van der Waals surface area contributed by atoms with E-state index in [-0.39, 0.29) is 16.9 Å². The SMILES string of the molecule is CCOC(=O)C1(Cc2ccc(-c3ccc(-c4onc(C)c4NC(=O)O[C@H](C)c4cccc(C(F)(F)F)c4)cc3)cc2)CC1. The molecule has 1 atom stereocenters. The van der Waals surface area contributed by atoms with E-state index in [1.807, 2.05) is 55.5 Å². The minimum Gasteiger partial charge on any atom is -0.466 e. The highest BCUT2D eigenvalue weighted by molar-refractivity contribution is 5.91. The number of anilines is 1. The van der Waals surface area contributed by atoms with Gasteiger partial charge in [-0.2, -0.15) is 13.2 Å². The monoisotopic (exact) mass is 592 g/mol. The molecular weight excluding hydrogens is 561 g/mol. The second-order valence-corrected chi connectivity index (χ2v) is 10.7. The summed E-state index contributed by atoms with van der Waals surface area (Å²) in [7, 11) is 0. The molecular formula is C33H31F3N2O5. The number of aromatic nitrogens is 1. The molecule has 1 saturated carbocycles. The van der Waals surface area contributed by atoms with Gasteiger partial charge < -0.3 is 14.0 Å². The lowest BCUT2D eigenvalue weighted by Crippen LogP contribution is -2.21. The molecule has 5 rings (SSSR count). The van der Waals surface area contributed by atoms with Crippen molar-refractivity contribution in [1.29, 1.82) is 0 Å². The van der Waals surface area contributed by atoms with E-state index < -0.39 is 23.9 Å². The summed E-state index contributed by atoms with van der Waals surface area (Å²) in [6.45, 7) is 5.35. The highest BCUT2D eigenvalue weighted by atomic mass is 19.4. The molecule has 0 radical (unpaired) electrons. The molecule has 0 bridgehead atoms. The summed E-state index contributed by atoms with van der Waals surface area (Å²) in [6, 6.07) is 20.2. The molecule has 1 heterocycles. The first kappa shape index (κ1) is 29.9. The number of halogens is 3. The van der Waals surface area contributed by atoms with Crippen molar-refractivity contribution in [1.82, 2.24) is 5.16 Å². The van der Waals surface area contributed by atoms with Crippen molar-refractivity contribution in [2.45, 2.75) is 52.3 Å². The van der Waals surface area contributed by atoms with E-state index in [0.717, 1.165) is 41.7 Å². The third-order valence-electron chi connectivity index (χ3n) is 7.60. The van der Waals surface area contributed by atoms with Crippen LogP contribution in [0.15, 0.2) is 77.3 Å². The van der Waals surface area contributed by atoms with Crippen molar-refractivity contribution < 1.29 is 36.8 Å². The van der Waals surface area contributed by atoms with Gasteiger partial charge in [0, 0.05) is 5.56 Å². The van der Waals surface area contributed by atoms with E-state index in [1.54, 1.807) is 6.92 Å². The zero-order chi connectivity index (χ0) is 30.8. The van der Waals surface area contributed by atoms with Gasteiger partial charge in [-0.25, -0.2) is 4.79 Å².